The smallest absolute Gasteiger partial charge is 0.330 e. The molecule has 0 saturated heterocycles. The van der Waals surface area contributed by atoms with Crippen LogP contribution in [0.3, 0.4) is 0 Å². The molecule has 0 fully saturated rings. The second-order valence-corrected chi connectivity index (χ2v) is 3.90. The first-order valence-electron chi connectivity index (χ1n) is 5.82. The molecule has 0 saturated carbocycles. The van der Waals surface area contributed by atoms with Gasteiger partial charge in [-0.1, -0.05) is 13.2 Å². The quantitative estimate of drug-likeness (QED) is 0.260. The van der Waals surface area contributed by atoms with E-state index in [1.54, 1.807) is 6.92 Å². The van der Waals surface area contributed by atoms with Gasteiger partial charge in [-0.05, 0) is 20.8 Å². The molecule has 0 spiro atoms. The lowest BCUT2D eigenvalue weighted by atomic mass is 10.4. The van der Waals surface area contributed by atoms with Crippen LogP contribution < -0.4 is 0 Å². The third-order valence-electron chi connectivity index (χ3n) is 1.82. The molecule has 0 aliphatic rings. The Bertz CT molecular complexity index is 262. The Morgan fingerprint density at radius 3 is 2.39 bits per heavy atom. The van der Waals surface area contributed by atoms with E-state index in [2.05, 4.69) is 13.2 Å². The normalized spacial score (nSPS) is 13.8. The minimum atomic E-state index is -0.514. The van der Waals surface area contributed by atoms with E-state index in [1.165, 1.54) is 6.26 Å². The van der Waals surface area contributed by atoms with E-state index in [0.717, 1.165) is 6.08 Å². The largest absolute Gasteiger partial charge is 0.471 e. The summed E-state index contributed by atoms with van der Waals surface area (Å²) in [6.45, 7) is 12.7. The topological polar surface area (TPSA) is 54.0 Å². The zero-order chi connectivity index (χ0) is 14.0. The fourth-order valence-corrected chi connectivity index (χ4v) is 1.07. The number of esters is 1. The van der Waals surface area contributed by atoms with Gasteiger partial charge in [-0.2, -0.15) is 0 Å². The molecule has 0 aliphatic carbocycles. The molecule has 0 aromatic heterocycles. The molecule has 0 rings (SSSR count). The molecular weight excluding hydrogens is 236 g/mol. The van der Waals surface area contributed by atoms with E-state index < -0.39 is 12.3 Å². The Morgan fingerprint density at radius 1 is 1.22 bits per heavy atom. The fourth-order valence-electron chi connectivity index (χ4n) is 1.07. The zero-order valence-corrected chi connectivity index (χ0v) is 11.3. The van der Waals surface area contributed by atoms with Crippen molar-refractivity contribution in [3.8, 4) is 0 Å². The fraction of sp³-hybridized carbons (Fsp3) is 0.615. The third-order valence-corrected chi connectivity index (χ3v) is 1.82. The van der Waals surface area contributed by atoms with Crippen LogP contribution >= 0.6 is 0 Å². The van der Waals surface area contributed by atoms with Gasteiger partial charge in [-0.15, -0.1) is 0 Å². The molecule has 104 valence electrons. The summed E-state index contributed by atoms with van der Waals surface area (Å²) < 4.78 is 20.9. The predicted octanol–water partition coefficient (Wildman–Crippen LogP) is 2.03. The van der Waals surface area contributed by atoms with Crippen LogP contribution in [0.2, 0.25) is 0 Å². The standard InChI is InChI=1S/C13H22O5/c1-6-12(14)17-8-11(5)16-9-13(15-7-2)18-10(3)4/h6-7,10-11,13H,1-2,8-9H2,3-5H3. The Balaban J connectivity index is 3.90. The van der Waals surface area contributed by atoms with Gasteiger partial charge in [-0.25, -0.2) is 4.79 Å². The van der Waals surface area contributed by atoms with Crippen molar-refractivity contribution in [2.45, 2.75) is 39.3 Å². The van der Waals surface area contributed by atoms with Crippen LogP contribution in [0.5, 0.6) is 0 Å². The van der Waals surface area contributed by atoms with Crippen LogP contribution in [0.1, 0.15) is 20.8 Å². The molecule has 18 heavy (non-hydrogen) atoms. The molecular formula is C13H22O5. The van der Waals surface area contributed by atoms with Crippen molar-refractivity contribution in [1.82, 2.24) is 0 Å². The predicted molar refractivity (Wildman–Crippen MR) is 67.9 cm³/mol. The van der Waals surface area contributed by atoms with Crippen molar-refractivity contribution in [3.05, 3.63) is 25.5 Å². The number of rotatable bonds is 10. The lowest BCUT2D eigenvalue weighted by molar-refractivity contribution is -0.175. The first kappa shape index (κ1) is 16.7. The third kappa shape index (κ3) is 8.78. The highest BCUT2D eigenvalue weighted by molar-refractivity contribution is 5.81. The molecule has 0 bridgehead atoms. The second-order valence-electron chi connectivity index (χ2n) is 3.90. The number of ether oxygens (including phenoxy) is 4. The van der Waals surface area contributed by atoms with Crippen LogP contribution in [0.15, 0.2) is 25.5 Å². The molecule has 0 N–H and O–H groups in total. The maximum atomic E-state index is 10.8. The van der Waals surface area contributed by atoms with E-state index in [1.807, 2.05) is 13.8 Å². The van der Waals surface area contributed by atoms with Crippen LogP contribution in [-0.2, 0) is 23.7 Å². The van der Waals surface area contributed by atoms with Crippen LogP contribution in [0, 0.1) is 0 Å². The van der Waals surface area contributed by atoms with Crippen molar-refractivity contribution in [3.63, 3.8) is 0 Å². The molecule has 0 aliphatic heterocycles. The minimum absolute atomic E-state index is 0.0208. The van der Waals surface area contributed by atoms with Gasteiger partial charge < -0.3 is 18.9 Å². The number of carbonyl (C=O) groups is 1. The summed E-state index contributed by atoms with van der Waals surface area (Å²) in [5, 5.41) is 0. The number of carbonyl (C=O) groups excluding carboxylic acids is 1. The lowest BCUT2D eigenvalue weighted by Crippen LogP contribution is -2.29. The van der Waals surface area contributed by atoms with Crippen molar-refractivity contribution in [1.29, 1.82) is 0 Å². The average Bonchev–Trinajstić information content (AvgIpc) is 2.32. The highest BCUT2D eigenvalue weighted by Gasteiger charge is 2.14. The van der Waals surface area contributed by atoms with E-state index in [-0.39, 0.29) is 25.4 Å². The van der Waals surface area contributed by atoms with Gasteiger partial charge in [-0.3, -0.25) is 0 Å². The van der Waals surface area contributed by atoms with Gasteiger partial charge in [0.2, 0.25) is 6.29 Å². The number of hydrogen-bond donors (Lipinski definition) is 0. The van der Waals surface area contributed by atoms with Gasteiger partial charge in [0.15, 0.2) is 0 Å². The van der Waals surface area contributed by atoms with Gasteiger partial charge in [0.1, 0.15) is 13.2 Å². The van der Waals surface area contributed by atoms with Gasteiger partial charge >= 0.3 is 5.97 Å². The molecule has 2 atom stereocenters. The summed E-state index contributed by atoms with van der Waals surface area (Å²) in [5.74, 6) is -0.470. The average molecular weight is 258 g/mol. The Labute approximate surface area is 108 Å². The molecule has 0 amide bonds. The summed E-state index contributed by atoms with van der Waals surface area (Å²) in [7, 11) is 0. The number of hydrogen-bond acceptors (Lipinski definition) is 5. The Morgan fingerprint density at radius 2 is 1.89 bits per heavy atom. The monoisotopic (exact) mass is 258 g/mol. The Hall–Kier alpha value is -1.33. The van der Waals surface area contributed by atoms with Gasteiger partial charge in [0.05, 0.1) is 18.5 Å². The molecule has 0 heterocycles. The van der Waals surface area contributed by atoms with E-state index in [4.69, 9.17) is 18.9 Å². The summed E-state index contributed by atoms with van der Waals surface area (Å²) in [5.41, 5.74) is 0. The van der Waals surface area contributed by atoms with E-state index >= 15 is 0 Å². The maximum Gasteiger partial charge on any atom is 0.330 e. The van der Waals surface area contributed by atoms with Crippen molar-refractivity contribution in [2.24, 2.45) is 0 Å². The van der Waals surface area contributed by atoms with Crippen LogP contribution in [0.25, 0.3) is 0 Å². The second kappa shape index (κ2) is 9.67. The highest BCUT2D eigenvalue weighted by atomic mass is 16.7. The molecule has 5 nitrogen and oxygen atoms in total. The van der Waals surface area contributed by atoms with Crippen molar-refractivity contribution < 1.29 is 23.7 Å². The molecule has 0 aromatic carbocycles. The SMILES string of the molecule is C=COC(COC(C)COC(=O)C=C)OC(C)C. The first-order chi connectivity index (χ1) is 8.49. The summed E-state index contributed by atoms with van der Waals surface area (Å²) in [6, 6.07) is 0. The molecule has 2 unspecified atom stereocenters. The lowest BCUT2D eigenvalue weighted by Gasteiger charge is -2.21. The zero-order valence-electron chi connectivity index (χ0n) is 11.3. The molecule has 0 aromatic rings. The van der Waals surface area contributed by atoms with Crippen molar-refractivity contribution in [2.75, 3.05) is 13.2 Å². The minimum Gasteiger partial charge on any atom is -0.471 e. The first-order valence-corrected chi connectivity index (χ1v) is 5.82. The highest BCUT2D eigenvalue weighted by Crippen LogP contribution is 2.04. The van der Waals surface area contributed by atoms with E-state index in [9.17, 15) is 4.79 Å². The van der Waals surface area contributed by atoms with Crippen molar-refractivity contribution >= 4 is 5.97 Å². The Kier molecular flexibility index (Phi) is 8.96. The summed E-state index contributed by atoms with van der Waals surface area (Å²) >= 11 is 0. The van der Waals surface area contributed by atoms with Crippen LogP contribution in [-0.4, -0.2) is 37.7 Å². The maximum absolute atomic E-state index is 10.8. The summed E-state index contributed by atoms with van der Waals surface area (Å²) in [6.07, 6.45) is 1.67. The van der Waals surface area contributed by atoms with Gasteiger partial charge in [0.25, 0.3) is 0 Å². The molecule has 5 heteroatoms. The van der Waals surface area contributed by atoms with E-state index in [0.29, 0.717) is 0 Å². The van der Waals surface area contributed by atoms with Crippen LogP contribution in [0.4, 0.5) is 0 Å². The molecule has 0 radical (unpaired) electrons. The van der Waals surface area contributed by atoms with Gasteiger partial charge in [0, 0.05) is 6.08 Å². The summed E-state index contributed by atoms with van der Waals surface area (Å²) in [4.78, 5) is 10.8.